The van der Waals surface area contributed by atoms with E-state index in [1.54, 1.807) is 0 Å². The molecule has 1 heteroatoms. The van der Waals surface area contributed by atoms with Crippen LogP contribution in [0.5, 0.6) is 0 Å². The maximum absolute atomic E-state index is 10.6. The Morgan fingerprint density at radius 2 is 2.18 bits per heavy atom. The molecular weight excluding hydrogens is 136 g/mol. The van der Waals surface area contributed by atoms with Crippen LogP contribution in [0.1, 0.15) is 27.2 Å². The Balaban J connectivity index is 2.75. The average molecular weight is 152 g/mol. The number of aldehydes is 1. The van der Waals surface area contributed by atoms with Crippen LogP contribution in [0.15, 0.2) is 11.6 Å². The van der Waals surface area contributed by atoms with Crippen molar-refractivity contribution in [2.45, 2.75) is 27.2 Å². The van der Waals surface area contributed by atoms with Gasteiger partial charge in [0.2, 0.25) is 0 Å². The minimum absolute atomic E-state index is 0.259. The molecule has 0 saturated heterocycles. The molecule has 0 N–H and O–H groups in total. The highest BCUT2D eigenvalue weighted by atomic mass is 16.1. The molecular formula is C10H16O. The molecule has 0 aromatic carbocycles. The molecule has 1 aliphatic carbocycles. The molecule has 0 unspecified atom stereocenters. The van der Waals surface area contributed by atoms with Crippen LogP contribution < -0.4 is 0 Å². The third kappa shape index (κ3) is 1.70. The van der Waals surface area contributed by atoms with E-state index >= 15 is 0 Å². The summed E-state index contributed by atoms with van der Waals surface area (Å²) in [6.07, 6.45) is 4.36. The minimum Gasteiger partial charge on any atom is -0.303 e. The Kier molecular flexibility index (Phi) is 2.48. The van der Waals surface area contributed by atoms with E-state index in [1.807, 2.05) is 0 Å². The monoisotopic (exact) mass is 152 g/mol. The van der Waals surface area contributed by atoms with Gasteiger partial charge in [0.1, 0.15) is 6.29 Å². The van der Waals surface area contributed by atoms with Crippen molar-refractivity contribution < 1.29 is 4.79 Å². The molecule has 62 valence electrons. The molecule has 1 rings (SSSR count). The number of allylic oxidation sites excluding steroid dienone is 2. The lowest BCUT2D eigenvalue weighted by molar-refractivity contribution is -0.112. The van der Waals surface area contributed by atoms with E-state index in [2.05, 4.69) is 26.8 Å². The van der Waals surface area contributed by atoms with Crippen molar-refractivity contribution in [2.24, 2.45) is 17.8 Å². The Bertz CT molecular complexity index is 181. The highest BCUT2D eigenvalue weighted by molar-refractivity contribution is 5.55. The van der Waals surface area contributed by atoms with Crippen LogP contribution in [0.2, 0.25) is 0 Å². The molecule has 0 aliphatic heterocycles. The van der Waals surface area contributed by atoms with E-state index in [0.29, 0.717) is 11.8 Å². The van der Waals surface area contributed by atoms with Crippen molar-refractivity contribution in [1.82, 2.24) is 0 Å². The Morgan fingerprint density at radius 1 is 1.55 bits per heavy atom. The summed E-state index contributed by atoms with van der Waals surface area (Å²) >= 11 is 0. The van der Waals surface area contributed by atoms with Gasteiger partial charge >= 0.3 is 0 Å². The Morgan fingerprint density at radius 3 is 2.73 bits per heavy atom. The molecule has 1 aliphatic rings. The molecule has 0 heterocycles. The number of hydrogen-bond donors (Lipinski definition) is 0. The zero-order valence-electron chi connectivity index (χ0n) is 7.50. The molecule has 0 aromatic rings. The van der Waals surface area contributed by atoms with Crippen LogP contribution in [-0.2, 0) is 4.79 Å². The molecule has 0 aromatic heterocycles. The highest BCUT2D eigenvalue weighted by Crippen LogP contribution is 2.31. The van der Waals surface area contributed by atoms with Gasteiger partial charge in [-0.05, 0) is 25.2 Å². The predicted molar refractivity (Wildman–Crippen MR) is 46.3 cm³/mol. The fraction of sp³-hybridized carbons (Fsp3) is 0.700. The van der Waals surface area contributed by atoms with Crippen LogP contribution in [0.25, 0.3) is 0 Å². The molecule has 0 bridgehead atoms. The predicted octanol–water partition coefficient (Wildman–Crippen LogP) is 2.42. The van der Waals surface area contributed by atoms with E-state index in [9.17, 15) is 4.79 Å². The maximum Gasteiger partial charge on any atom is 0.123 e. The van der Waals surface area contributed by atoms with E-state index in [0.717, 1.165) is 12.7 Å². The Hall–Kier alpha value is -0.590. The van der Waals surface area contributed by atoms with Crippen molar-refractivity contribution in [1.29, 1.82) is 0 Å². The van der Waals surface area contributed by atoms with Gasteiger partial charge in [0.15, 0.2) is 0 Å². The van der Waals surface area contributed by atoms with Crippen molar-refractivity contribution >= 4 is 6.29 Å². The van der Waals surface area contributed by atoms with Crippen molar-refractivity contribution in [3.8, 4) is 0 Å². The Labute approximate surface area is 68.5 Å². The van der Waals surface area contributed by atoms with Crippen LogP contribution in [0, 0.1) is 17.8 Å². The van der Waals surface area contributed by atoms with Gasteiger partial charge < -0.3 is 4.79 Å². The smallest absolute Gasteiger partial charge is 0.123 e. The third-order valence-electron chi connectivity index (χ3n) is 2.78. The van der Waals surface area contributed by atoms with Crippen LogP contribution in [-0.4, -0.2) is 6.29 Å². The zero-order valence-corrected chi connectivity index (χ0v) is 7.50. The van der Waals surface area contributed by atoms with Crippen LogP contribution in [0.3, 0.4) is 0 Å². The van der Waals surface area contributed by atoms with Gasteiger partial charge in [-0.15, -0.1) is 0 Å². The molecule has 0 amide bonds. The lowest BCUT2D eigenvalue weighted by Gasteiger charge is -2.28. The molecule has 0 fully saturated rings. The fourth-order valence-corrected chi connectivity index (χ4v) is 1.79. The van der Waals surface area contributed by atoms with Gasteiger partial charge in [-0.3, -0.25) is 0 Å². The largest absolute Gasteiger partial charge is 0.303 e. The average Bonchev–Trinajstić information content (AvgIpc) is 1.96. The lowest BCUT2D eigenvalue weighted by atomic mass is 9.76. The van der Waals surface area contributed by atoms with Gasteiger partial charge in [-0.1, -0.05) is 25.5 Å². The van der Waals surface area contributed by atoms with E-state index in [1.165, 1.54) is 5.57 Å². The van der Waals surface area contributed by atoms with Gasteiger partial charge in [-0.25, -0.2) is 0 Å². The van der Waals surface area contributed by atoms with Crippen molar-refractivity contribution in [3.63, 3.8) is 0 Å². The summed E-state index contributed by atoms with van der Waals surface area (Å²) in [4.78, 5) is 10.6. The molecule has 1 nitrogen and oxygen atoms in total. The van der Waals surface area contributed by atoms with E-state index in [-0.39, 0.29) is 5.92 Å². The van der Waals surface area contributed by atoms with E-state index < -0.39 is 0 Å². The van der Waals surface area contributed by atoms with Crippen molar-refractivity contribution in [3.05, 3.63) is 11.6 Å². The van der Waals surface area contributed by atoms with Crippen LogP contribution >= 0.6 is 0 Å². The first-order chi connectivity index (χ1) is 5.15. The zero-order chi connectivity index (χ0) is 8.43. The third-order valence-corrected chi connectivity index (χ3v) is 2.78. The minimum atomic E-state index is 0.259. The van der Waals surface area contributed by atoms with Crippen molar-refractivity contribution in [2.75, 3.05) is 0 Å². The van der Waals surface area contributed by atoms with E-state index in [4.69, 9.17) is 0 Å². The first-order valence-corrected chi connectivity index (χ1v) is 4.27. The number of hydrogen-bond acceptors (Lipinski definition) is 1. The summed E-state index contributed by atoms with van der Waals surface area (Å²) in [5.74, 6) is 1.35. The summed E-state index contributed by atoms with van der Waals surface area (Å²) in [5, 5.41) is 0. The number of carbonyl (C=O) groups excluding carboxylic acids is 1. The second-order valence-electron chi connectivity index (χ2n) is 3.74. The van der Waals surface area contributed by atoms with Gasteiger partial charge in [0, 0.05) is 5.92 Å². The molecule has 0 saturated carbocycles. The normalized spacial score (nSPS) is 38.1. The van der Waals surface area contributed by atoms with Gasteiger partial charge in [0.25, 0.3) is 0 Å². The molecule has 0 spiro atoms. The quantitative estimate of drug-likeness (QED) is 0.416. The standard InChI is InChI=1S/C10H16O/c1-7-4-8(2)9(3)10(5-7)6-11/h4,6,8-10H,5H2,1-3H3/t8-,9+,10+/m0/s1. The summed E-state index contributed by atoms with van der Waals surface area (Å²) in [5.41, 5.74) is 1.37. The number of rotatable bonds is 1. The summed E-state index contributed by atoms with van der Waals surface area (Å²) in [6, 6.07) is 0. The molecule has 3 atom stereocenters. The fourth-order valence-electron chi connectivity index (χ4n) is 1.79. The van der Waals surface area contributed by atoms with Gasteiger partial charge in [0.05, 0.1) is 0 Å². The first-order valence-electron chi connectivity index (χ1n) is 4.27. The molecule has 11 heavy (non-hydrogen) atoms. The molecule has 0 radical (unpaired) electrons. The first kappa shape index (κ1) is 8.51. The second-order valence-corrected chi connectivity index (χ2v) is 3.74. The number of carbonyl (C=O) groups is 1. The van der Waals surface area contributed by atoms with Crippen LogP contribution in [0.4, 0.5) is 0 Å². The highest BCUT2D eigenvalue weighted by Gasteiger charge is 2.25. The second kappa shape index (κ2) is 3.21. The topological polar surface area (TPSA) is 17.1 Å². The maximum atomic E-state index is 10.6. The summed E-state index contributed by atoms with van der Waals surface area (Å²) < 4.78 is 0. The summed E-state index contributed by atoms with van der Waals surface area (Å²) in [6.45, 7) is 6.45. The summed E-state index contributed by atoms with van der Waals surface area (Å²) in [7, 11) is 0. The lowest BCUT2D eigenvalue weighted by Crippen LogP contribution is -2.23. The SMILES string of the molecule is CC1=C[C@H](C)[C@@H](C)[C@@H](C=O)C1. The van der Waals surface area contributed by atoms with Gasteiger partial charge in [-0.2, -0.15) is 0 Å².